The highest BCUT2D eigenvalue weighted by atomic mass is 16.7. The van der Waals surface area contributed by atoms with Gasteiger partial charge in [0.25, 0.3) is 0 Å². The predicted molar refractivity (Wildman–Crippen MR) is 73.8 cm³/mol. The second-order valence-electron chi connectivity index (χ2n) is 5.03. The van der Waals surface area contributed by atoms with E-state index in [1.807, 2.05) is 0 Å². The minimum Gasteiger partial charge on any atom is -0.455 e. The average molecular weight is 310 g/mol. The fraction of sp³-hybridized carbons (Fsp3) is 0.467. The summed E-state index contributed by atoms with van der Waals surface area (Å²) < 4.78 is 15.4. The molecule has 0 unspecified atom stereocenters. The van der Waals surface area contributed by atoms with E-state index in [1.165, 1.54) is 0 Å². The molecule has 1 fully saturated rings. The van der Waals surface area contributed by atoms with Crippen molar-refractivity contribution in [2.75, 3.05) is 0 Å². The Hall–Kier alpha value is -1.96. The number of aliphatic hydroxyl groups is 2. The molecule has 0 spiro atoms. The van der Waals surface area contributed by atoms with E-state index in [4.69, 9.17) is 14.2 Å². The maximum absolute atomic E-state index is 12.1. The predicted octanol–water partition coefficient (Wildman–Crippen LogP) is 0.242. The van der Waals surface area contributed by atoms with Crippen molar-refractivity contribution in [1.29, 1.82) is 0 Å². The summed E-state index contributed by atoms with van der Waals surface area (Å²) >= 11 is 0. The highest BCUT2D eigenvalue weighted by Crippen LogP contribution is 2.25. The fourth-order valence-corrected chi connectivity index (χ4v) is 2.26. The van der Waals surface area contributed by atoms with Gasteiger partial charge >= 0.3 is 11.9 Å². The zero-order valence-electron chi connectivity index (χ0n) is 12.2. The number of hydrogen-bond acceptors (Lipinski definition) is 7. The molecule has 0 aliphatic carbocycles. The van der Waals surface area contributed by atoms with E-state index in [1.54, 1.807) is 37.3 Å². The molecule has 1 aliphatic rings. The number of benzene rings is 1. The molecule has 7 heteroatoms. The molecule has 0 aromatic heterocycles. The molecule has 0 saturated carbocycles. The summed E-state index contributed by atoms with van der Waals surface area (Å²) in [6, 6.07) is 8.26. The second-order valence-corrected chi connectivity index (χ2v) is 5.03. The molecule has 7 nitrogen and oxygen atoms in total. The molecule has 0 bridgehead atoms. The first-order valence-corrected chi connectivity index (χ1v) is 6.85. The molecule has 120 valence electrons. The van der Waals surface area contributed by atoms with E-state index in [2.05, 4.69) is 0 Å². The van der Waals surface area contributed by atoms with Gasteiger partial charge in [0.2, 0.25) is 0 Å². The molecular weight excluding hydrogens is 292 g/mol. The molecule has 2 N–H and O–H groups in total. The molecular formula is C15H18O7. The van der Waals surface area contributed by atoms with Gasteiger partial charge in [-0.05, 0) is 19.1 Å². The third kappa shape index (κ3) is 3.62. The molecule has 0 amide bonds. The third-order valence-corrected chi connectivity index (χ3v) is 3.32. The Balaban J connectivity index is 2.17. The fourth-order valence-electron chi connectivity index (χ4n) is 2.26. The van der Waals surface area contributed by atoms with Crippen molar-refractivity contribution < 1.29 is 34.0 Å². The summed E-state index contributed by atoms with van der Waals surface area (Å²) in [7, 11) is 0. The zero-order chi connectivity index (χ0) is 16.3. The van der Waals surface area contributed by atoms with Crippen LogP contribution in [0.3, 0.4) is 0 Å². The highest BCUT2D eigenvalue weighted by molar-refractivity contribution is 5.89. The number of carbonyl (C=O) groups is 2. The molecule has 5 atom stereocenters. The lowest BCUT2D eigenvalue weighted by atomic mass is 9.99. The molecule has 1 saturated heterocycles. The van der Waals surface area contributed by atoms with Gasteiger partial charge in [0.15, 0.2) is 18.5 Å². The Labute approximate surface area is 127 Å². The number of esters is 2. The smallest absolute Gasteiger partial charge is 0.338 e. The molecule has 1 heterocycles. The van der Waals surface area contributed by atoms with Crippen LogP contribution in [-0.2, 0) is 19.0 Å². The van der Waals surface area contributed by atoms with Gasteiger partial charge in [-0.2, -0.15) is 0 Å². The average Bonchev–Trinajstić information content (AvgIpc) is 2.48. The second kappa shape index (κ2) is 6.87. The van der Waals surface area contributed by atoms with Crippen molar-refractivity contribution in [3.63, 3.8) is 0 Å². The Morgan fingerprint density at radius 1 is 1.09 bits per heavy atom. The number of carbonyl (C=O) groups excluding carboxylic acids is 2. The SMILES string of the molecule is CC(=O)O[C@H]1[C@@H](O)[C@H](O)O[C@@H](C)[C@@H]1OC(=O)c1ccccc1. The first-order chi connectivity index (χ1) is 10.4. The van der Waals surface area contributed by atoms with Crippen LogP contribution in [0.4, 0.5) is 0 Å². The lowest BCUT2D eigenvalue weighted by Crippen LogP contribution is -2.59. The van der Waals surface area contributed by atoms with Crippen molar-refractivity contribution in [1.82, 2.24) is 0 Å². The highest BCUT2D eigenvalue weighted by Gasteiger charge is 2.47. The van der Waals surface area contributed by atoms with Crippen LogP contribution in [-0.4, -0.2) is 52.9 Å². The molecule has 1 aliphatic heterocycles. The van der Waals surface area contributed by atoms with Gasteiger partial charge in [-0.1, -0.05) is 18.2 Å². The van der Waals surface area contributed by atoms with Gasteiger partial charge in [0.1, 0.15) is 6.10 Å². The van der Waals surface area contributed by atoms with Gasteiger partial charge in [-0.3, -0.25) is 4.79 Å². The van der Waals surface area contributed by atoms with Crippen LogP contribution in [0.2, 0.25) is 0 Å². The first kappa shape index (κ1) is 16.4. The Morgan fingerprint density at radius 3 is 2.32 bits per heavy atom. The molecule has 1 aromatic carbocycles. The van der Waals surface area contributed by atoms with Gasteiger partial charge in [-0.15, -0.1) is 0 Å². The Bertz CT molecular complexity index is 530. The van der Waals surface area contributed by atoms with Gasteiger partial charge in [-0.25, -0.2) is 4.79 Å². The lowest BCUT2D eigenvalue weighted by molar-refractivity contribution is -0.280. The Kier molecular flexibility index (Phi) is 5.12. The summed E-state index contributed by atoms with van der Waals surface area (Å²) in [4.78, 5) is 23.3. The number of ether oxygens (including phenoxy) is 3. The quantitative estimate of drug-likeness (QED) is 0.771. The maximum atomic E-state index is 12.1. The van der Waals surface area contributed by atoms with Crippen LogP contribution in [0.15, 0.2) is 30.3 Å². The summed E-state index contributed by atoms with van der Waals surface area (Å²) in [6.07, 6.45) is -6.02. The van der Waals surface area contributed by atoms with E-state index >= 15 is 0 Å². The minimum atomic E-state index is -1.52. The summed E-state index contributed by atoms with van der Waals surface area (Å²) in [5, 5.41) is 19.5. The molecule has 0 radical (unpaired) electrons. The molecule has 1 aromatic rings. The van der Waals surface area contributed by atoms with E-state index in [0.29, 0.717) is 5.56 Å². The standard InChI is InChI=1S/C15H18O7/c1-8-12(22-14(18)10-6-4-3-5-7-10)13(21-9(2)16)11(17)15(19)20-8/h3-8,11-13,15,17,19H,1-2H3/t8-,11+,12-,13-,15+/m0/s1. The normalized spacial score (nSPS) is 31.4. The number of hydrogen-bond donors (Lipinski definition) is 2. The van der Waals surface area contributed by atoms with Crippen LogP contribution in [0, 0.1) is 0 Å². The van der Waals surface area contributed by atoms with E-state index in [-0.39, 0.29) is 0 Å². The third-order valence-electron chi connectivity index (χ3n) is 3.32. The van der Waals surface area contributed by atoms with Gasteiger partial charge in [0.05, 0.1) is 11.7 Å². The minimum absolute atomic E-state index is 0.317. The number of aliphatic hydroxyl groups excluding tert-OH is 2. The summed E-state index contributed by atoms with van der Waals surface area (Å²) in [5.74, 6) is -1.30. The zero-order valence-corrected chi connectivity index (χ0v) is 12.2. The van der Waals surface area contributed by atoms with E-state index in [0.717, 1.165) is 6.92 Å². The van der Waals surface area contributed by atoms with Crippen LogP contribution >= 0.6 is 0 Å². The van der Waals surface area contributed by atoms with Gasteiger partial charge in [0, 0.05) is 6.92 Å². The van der Waals surface area contributed by atoms with Crippen molar-refractivity contribution in [2.24, 2.45) is 0 Å². The largest absolute Gasteiger partial charge is 0.455 e. The summed E-state index contributed by atoms with van der Waals surface area (Å²) in [6.45, 7) is 2.71. The number of rotatable bonds is 3. The topological polar surface area (TPSA) is 102 Å². The van der Waals surface area contributed by atoms with E-state index < -0.39 is 42.6 Å². The van der Waals surface area contributed by atoms with E-state index in [9.17, 15) is 19.8 Å². The first-order valence-electron chi connectivity index (χ1n) is 6.85. The van der Waals surface area contributed by atoms with Crippen molar-refractivity contribution in [2.45, 2.75) is 44.6 Å². The van der Waals surface area contributed by atoms with Crippen LogP contribution in [0.5, 0.6) is 0 Å². The Morgan fingerprint density at radius 2 is 1.73 bits per heavy atom. The van der Waals surface area contributed by atoms with Crippen LogP contribution < -0.4 is 0 Å². The maximum Gasteiger partial charge on any atom is 0.338 e. The van der Waals surface area contributed by atoms with Crippen molar-refractivity contribution in [3.8, 4) is 0 Å². The van der Waals surface area contributed by atoms with Gasteiger partial charge < -0.3 is 24.4 Å². The van der Waals surface area contributed by atoms with Crippen molar-refractivity contribution >= 4 is 11.9 Å². The molecule has 22 heavy (non-hydrogen) atoms. The monoisotopic (exact) mass is 310 g/mol. The molecule has 2 rings (SSSR count). The summed E-state index contributed by atoms with van der Waals surface area (Å²) in [5.41, 5.74) is 0.317. The van der Waals surface area contributed by atoms with Crippen LogP contribution in [0.25, 0.3) is 0 Å². The lowest BCUT2D eigenvalue weighted by Gasteiger charge is -2.40. The van der Waals surface area contributed by atoms with Crippen LogP contribution in [0.1, 0.15) is 24.2 Å². The van der Waals surface area contributed by atoms with Crippen molar-refractivity contribution in [3.05, 3.63) is 35.9 Å².